The molecule has 2 aromatic rings. The minimum atomic E-state index is -4.39. The third-order valence-electron chi connectivity index (χ3n) is 7.63. The summed E-state index contributed by atoms with van der Waals surface area (Å²) < 4.78 is 84.7. The average molecular weight is 543 g/mol. The fourth-order valence-electron chi connectivity index (χ4n) is 5.05. The average Bonchev–Trinajstić information content (AvgIpc) is 3.54. The van der Waals surface area contributed by atoms with Crippen LogP contribution in [0.2, 0.25) is 0 Å². The first-order valence-corrected chi connectivity index (χ1v) is 13.7. The largest absolute Gasteiger partial charge is 0.380 e. The van der Waals surface area contributed by atoms with Crippen LogP contribution in [0.1, 0.15) is 45.6 Å². The maximum atomic E-state index is 15.7. The van der Waals surface area contributed by atoms with Gasteiger partial charge in [0, 0.05) is 29.6 Å². The van der Waals surface area contributed by atoms with Crippen molar-refractivity contribution in [3.05, 3.63) is 59.4 Å². The Kier molecular flexibility index (Phi) is 7.19. The number of alkyl halides is 1. The summed E-state index contributed by atoms with van der Waals surface area (Å²) in [4.78, 5) is 14.7. The number of hydrogen-bond acceptors (Lipinski definition) is 4. The Balaban J connectivity index is 1.77. The number of carbonyl (C=O) groups excluding carboxylic acids is 1. The van der Waals surface area contributed by atoms with Gasteiger partial charge in [0.1, 0.15) is 23.1 Å². The molecule has 6 nitrogen and oxygen atoms in total. The zero-order chi connectivity index (χ0) is 27.3. The third kappa shape index (κ3) is 5.26. The molecule has 0 radical (unpaired) electrons. The van der Waals surface area contributed by atoms with Gasteiger partial charge in [0.05, 0.1) is 6.04 Å². The molecule has 0 bridgehead atoms. The monoisotopic (exact) mass is 542 g/mol. The van der Waals surface area contributed by atoms with E-state index in [1.165, 1.54) is 30.0 Å². The van der Waals surface area contributed by atoms with E-state index in [-0.39, 0.29) is 36.1 Å². The Morgan fingerprint density at radius 2 is 1.84 bits per heavy atom. The fourth-order valence-corrected chi connectivity index (χ4v) is 6.00. The van der Waals surface area contributed by atoms with E-state index in [9.17, 15) is 31.5 Å². The van der Waals surface area contributed by atoms with Crippen molar-refractivity contribution in [2.24, 2.45) is 5.41 Å². The highest BCUT2D eigenvalue weighted by atomic mass is 32.2. The lowest BCUT2D eigenvalue weighted by atomic mass is 9.91. The number of likely N-dealkylation sites (tertiary alicyclic amines) is 1. The number of benzene rings is 2. The van der Waals surface area contributed by atoms with E-state index >= 15 is 4.39 Å². The molecule has 1 heterocycles. The van der Waals surface area contributed by atoms with Crippen LogP contribution in [-0.4, -0.2) is 54.1 Å². The second-order valence-corrected chi connectivity index (χ2v) is 12.3. The molecule has 2 aromatic carbocycles. The summed E-state index contributed by atoms with van der Waals surface area (Å²) in [5.41, 5.74) is -4.62. The highest BCUT2D eigenvalue weighted by molar-refractivity contribution is 7.89. The summed E-state index contributed by atoms with van der Waals surface area (Å²) in [6.45, 7) is 3.99. The number of halogens is 4. The molecule has 2 fully saturated rings. The molecule has 1 spiro atoms. The number of aliphatic hydroxyl groups is 1. The van der Waals surface area contributed by atoms with Crippen molar-refractivity contribution in [1.29, 1.82) is 0 Å². The Morgan fingerprint density at radius 1 is 1.22 bits per heavy atom. The van der Waals surface area contributed by atoms with E-state index in [2.05, 4.69) is 4.72 Å². The number of hydrogen-bond donors (Lipinski definition) is 2. The number of nitrogens with one attached hydrogen (secondary N) is 1. The minimum absolute atomic E-state index is 0.0210. The molecule has 1 amide bonds. The second kappa shape index (κ2) is 9.67. The first-order valence-electron chi connectivity index (χ1n) is 12.1. The third-order valence-corrected chi connectivity index (χ3v) is 9.07. The van der Waals surface area contributed by atoms with Crippen LogP contribution in [0, 0.1) is 22.9 Å². The zero-order valence-corrected chi connectivity index (χ0v) is 21.6. The fraction of sp³-hybridized carbons (Fsp3) is 0.500. The maximum Gasteiger partial charge on any atom is 0.254 e. The molecule has 11 heteroatoms. The van der Waals surface area contributed by atoms with E-state index in [4.69, 9.17) is 0 Å². The summed E-state index contributed by atoms with van der Waals surface area (Å²) in [6, 6.07) is 5.11. The van der Waals surface area contributed by atoms with Crippen molar-refractivity contribution in [2.75, 3.05) is 6.54 Å². The van der Waals surface area contributed by atoms with E-state index in [1.807, 2.05) is 0 Å². The normalized spacial score (nSPS) is 23.2. The SMILES string of the molecule is CC[C@](C)(O)C(=O)N1CC2(CC2)[C@H](NS(=O)(=O)C(C)F)[C@@H]1Cc1cccc(-c2cc(F)cc(F)c2)c1F. The number of sulfonamides is 1. The minimum Gasteiger partial charge on any atom is -0.380 e. The van der Waals surface area contributed by atoms with Crippen molar-refractivity contribution in [3.63, 3.8) is 0 Å². The van der Waals surface area contributed by atoms with Crippen molar-refractivity contribution >= 4 is 15.9 Å². The van der Waals surface area contributed by atoms with Gasteiger partial charge in [-0.1, -0.05) is 25.1 Å². The quantitative estimate of drug-likeness (QED) is 0.493. The summed E-state index contributed by atoms with van der Waals surface area (Å²) in [5, 5.41) is 10.7. The number of carbonyl (C=O) groups is 1. The molecule has 37 heavy (non-hydrogen) atoms. The molecular weight excluding hydrogens is 512 g/mol. The number of amides is 1. The van der Waals surface area contributed by atoms with Gasteiger partial charge in [-0.15, -0.1) is 0 Å². The van der Waals surface area contributed by atoms with Gasteiger partial charge in [-0.25, -0.2) is 30.7 Å². The molecule has 0 aromatic heterocycles. The predicted molar refractivity (Wildman–Crippen MR) is 130 cm³/mol. The Labute approximate surface area is 213 Å². The smallest absolute Gasteiger partial charge is 0.254 e. The summed E-state index contributed by atoms with van der Waals surface area (Å²) in [5.74, 6) is -3.16. The van der Waals surface area contributed by atoms with Gasteiger partial charge in [-0.3, -0.25) is 4.79 Å². The summed E-state index contributed by atoms with van der Waals surface area (Å²) >= 11 is 0. The molecule has 2 aliphatic rings. The predicted octanol–water partition coefficient (Wildman–Crippen LogP) is 4.07. The van der Waals surface area contributed by atoms with Gasteiger partial charge in [-0.2, -0.15) is 0 Å². The lowest BCUT2D eigenvalue weighted by Crippen LogP contribution is -2.54. The standard InChI is InChI=1S/C26H30F4N2O4S/c1-4-25(3,34)24(33)32-14-26(8-9-26)23(31-37(35,36)15(2)27)21(32)12-16-6-5-7-20(22(16)30)17-10-18(28)13-19(29)11-17/h5-7,10-11,13,15,21,23,31,34H,4,8-9,12,14H2,1-3H3/t15?,21-,23+,25-/m0/s1. The van der Waals surface area contributed by atoms with Gasteiger partial charge in [0.15, 0.2) is 0 Å². The van der Waals surface area contributed by atoms with Crippen molar-refractivity contribution in [3.8, 4) is 11.1 Å². The van der Waals surface area contributed by atoms with E-state index in [0.29, 0.717) is 18.9 Å². The number of nitrogens with zero attached hydrogens (tertiary/aromatic N) is 1. The Morgan fingerprint density at radius 3 is 2.38 bits per heavy atom. The van der Waals surface area contributed by atoms with Crippen LogP contribution in [0.15, 0.2) is 36.4 Å². The van der Waals surface area contributed by atoms with Gasteiger partial charge >= 0.3 is 0 Å². The zero-order valence-electron chi connectivity index (χ0n) is 20.8. The van der Waals surface area contributed by atoms with Crippen molar-refractivity contribution in [2.45, 2.75) is 69.6 Å². The molecule has 1 unspecified atom stereocenters. The lowest BCUT2D eigenvalue weighted by Gasteiger charge is -2.34. The van der Waals surface area contributed by atoms with Crippen LogP contribution in [0.3, 0.4) is 0 Å². The van der Waals surface area contributed by atoms with Gasteiger partial charge in [-0.05, 0) is 62.8 Å². The molecule has 1 saturated carbocycles. The highest BCUT2D eigenvalue weighted by Crippen LogP contribution is 2.56. The van der Waals surface area contributed by atoms with Crippen molar-refractivity contribution in [1.82, 2.24) is 9.62 Å². The number of rotatable bonds is 8. The van der Waals surface area contributed by atoms with Crippen molar-refractivity contribution < 1.29 is 35.9 Å². The second-order valence-electron chi connectivity index (χ2n) is 10.3. The van der Waals surface area contributed by atoms with Crippen LogP contribution in [0.5, 0.6) is 0 Å². The van der Waals surface area contributed by atoms with Crippen LogP contribution in [0.4, 0.5) is 17.6 Å². The Bertz CT molecular complexity index is 1290. The summed E-state index contributed by atoms with van der Waals surface area (Å²) in [7, 11) is -4.39. The van der Waals surface area contributed by atoms with Gasteiger partial charge in [0.2, 0.25) is 15.5 Å². The molecule has 1 saturated heterocycles. The van der Waals surface area contributed by atoms with Crippen LogP contribution >= 0.6 is 0 Å². The van der Waals surface area contributed by atoms with Gasteiger partial charge < -0.3 is 10.0 Å². The maximum absolute atomic E-state index is 15.7. The van der Waals surface area contributed by atoms with E-state index in [1.54, 1.807) is 6.92 Å². The molecule has 202 valence electrons. The van der Waals surface area contributed by atoms with E-state index in [0.717, 1.165) is 19.1 Å². The first-order chi connectivity index (χ1) is 17.2. The topological polar surface area (TPSA) is 86.7 Å². The molecular formula is C26H30F4N2O4S. The molecule has 1 aliphatic heterocycles. The van der Waals surface area contributed by atoms with Gasteiger partial charge in [0.25, 0.3) is 5.91 Å². The van der Waals surface area contributed by atoms with Crippen LogP contribution in [0.25, 0.3) is 11.1 Å². The molecule has 4 rings (SSSR count). The molecule has 1 aliphatic carbocycles. The molecule has 2 N–H and O–H groups in total. The molecule has 4 atom stereocenters. The first kappa shape index (κ1) is 27.5. The van der Waals surface area contributed by atoms with Crippen LogP contribution in [-0.2, 0) is 21.2 Å². The highest BCUT2D eigenvalue weighted by Gasteiger charge is 2.62. The van der Waals surface area contributed by atoms with E-state index < -0.39 is 62.0 Å². The summed E-state index contributed by atoms with van der Waals surface area (Å²) in [6.07, 6.45) is 1.06. The lowest BCUT2D eigenvalue weighted by molar-refractivity contribution is -0.151. The Hall–Kier alpha value is -2.50. The van der Waals surface area contributed by atoms with Crippen LogP contribution < -0.4 is 4.72 Å².